The van der Waals surface area contributed by atoms with Crippen molar-refractivity contribution in [1.29, 1.82) is 0 Å². The third kappa shape index (κ3) is 7.70. The fourth-order valence-electron chi connectivity index (χ4n) is 3.69. The first-order valence-corrected chi connectivity index (χ1v) is 10.8. The van der Waals surface area contributed by atoms with Crippen molar-refractivity contribution in [1.82, 2.24) is 20.2 Å². The van der Waals surface area contributed by atoms with Gasteiger partial charge in [-0.3, -0.25) is 4.99 Å². The zero-order valence-electron chi connectivity index (χ0n) is 18.2. The summed E-state index contributed by atoms with van der Waals surface area (Å²) < 4.78 is 13.5. The van der Waals surface area contributed by atoms with Crippen LogP contribution in [0.4, 0.5) is 0 Å². The highest BCUT2D eigenvalue weighted by Gasteiger charge is 2.13. The smallest absolute Gasteiger partial charge is 0.190 e. The van der Waals surface area contributed by atoms with E-state index in [2.05, 4.69) is 50.3 Å². The minimum atomic E-state index is 0. The van der Waals surface area contributed by atoms with Gasteiger partial charge in [0.05, 0.1) is 11.0 Å². The molecule has 30 heavy (non-hydrogen) atoms. The van der Waals surface area contributed by atoms with E-state index in [4.69, 9.17) is 9.47 Å². The SMILES string of the molecule is CN=C(NCCCOCC1CCOCC1)NCCCn1c(C)nc2ccccc21.I. The van der Waals surface area contributed by atoms with E-state index in [1.807, 2.05) is 13.1 Å². The van der Waals surface area contributed by atoms with Crippen molar-refractivity contribution in [2.75, 3.05) is 46.6 Å². The average molecular weight is 529 g/mol. The number of rotatable bonds is 10. The van der Waals surface area contributed by atoms with Crippen LogP contribution in [0.1, 0.15) is 31.5 Å². The van der Waals surface area contributed by atoms with E-state index in [0.717, 1.165) is 89.0 Å². The molecule has 0 bridgehead atoms. The molecule has 7 nitrogen and oxygen atoms in total. The zero-order valence-corrected chi connectivity index (χ0v) is 20.6. The molecule has 1 aliphatic rings. The number of benzene rings is 1. The third-order valence-corrected chi connectivity index (χ3v) is 5.37. The summed E-state index contributed by atoms with van der Waals surface area (Å²) in [6, 6.07) is 8.30. The Labute approximate surface area is 197 Å². The van der Waals surface area contributed by atoms with Gasteiger partial charge in [-0.2, -0.15) is 0 Å². The van der Waals surface area contributed by atoms with E-state index in [-0.39, 0.29) is 24.0 Å². The second-order valence-corrected chi connectivity index (χ2v) is 7.56. The highest BCUT2D eigenvalue weighted by atomic mass is 127. The van der Waals surface area contributed by atoms with Gasteiger partial charge in [0, 0.05) is 53.1 Å². The molecule has 1 aromatic carbocycles. The topological polar surface area (TPSA) is 72.7 Å². The Morgan fingerprint density at radius 3 is 2.70 bits per heavy atom. The lowest BCUT2D eigenvalue weighted by Gasteiger charge is -2.21. The van der Waals surface area contributed by atoms with E-state index in [9.17, 15) is 0 Å². The number of hydrogen-bond donors (Lipinski definition) is 2. The van der Waals surface area contributed by atoms with Gasteiger partial charge in [0.1, 0.15) is 5.82 Å². The lowest BCUT2D eigenvalue weighted by molar-refractivity contribution is 0.0203. The maximum atomic E-state index is 5.81. The second-order valence-electron chi connectivity index (χ2n) is 7.56. The highest BCUT2D eigenvalue weighted by Crippen LogP contribution is 2.16. The first-order chi connectivity index (χ1) is 14.3. The van der Waals surface area contributed by atoms with Gasteiger partial charge in [-0.1, -0.05) is 12.1 Å². The molecule has 1 saturated heterocycles. The molecule has 0 atom stereocenters. The molecular formula is C22H36IN5O2. The molecule has 2 aromatic rings. The minimum Gasteiger partial charge on any atom is -0.381 e. The maximum Gasteiger partial charge on any atom is 0.190 e. The largest absolute Gasteiger partial charge is 0.381 e. The summed E-state index contributed by atoms with van der Waals surface area (Å²) in [5, 5.41) is 6.75. The van der Waals surface area contributed by atoms with E-state index in [1.165, 1.54) is 5.52 Å². The first kappa shape index (κ1) is 24.9. The number of aryl methyl sites for hydroxylation is 2. The summed E-state index contributed by atoms with van der Waals surface area (Å²) >= 11 is 0. The van der Waals surface area contributed by atoms with Crippen LogP contribution in [0.15, 0.2) is 29.3 Å². The number of aliphatic imine (C=N–C) groups is 1. The number of para-hydroxylation sites is 2. The van der Waals surface area contributed by atoms with Crippen molar-refractivity contribution in [2.24, 2.45) is 10.9 Å². The summed E-state index contributed by atoms with van der Waals surface area (Å²) in [6.45, 7) is 8.15. The molecule has 0 unspecified atom stereocenters. The van der Waals surface area contributed by atoms with Gasteiger partial charge in [-0.05, 0) is 50.7 Å². The minimum absolute atomic E-state index is 0. The van der Waals surface area contributed by atoms with Crippen LogP contribution in [-0.4, -0.2) is 62.1 Å². The third-order valence-electron chi connectivity index (χ3n) is 5.37. The number of imidazole rings is 1. The molecular weight excluding hydrogens is 493 g/mol. The number of hydrogen-bond acceptors (Lipinski definition) is 4. The zero-order chi connectivity index (χ0) is 20.3. The normalized spacial score (nSPS) is 15.2. The summed E-state index contributed by atoms with van der Waals surface area (Å²) in [6.07, 6.45) is 4.24. The first-order valence-electron chi connectivity index (χ1n) is 10.8. The molecule has 0 saturated carbocycles. The van der Waals surface area contributed by atoms with Crippen LogP contribution in [-0.2, 0) is 16.0 Å². The van der Waals surface area contributed by atoms with Crippen molar-refractivity contribution in [3.63, 3.8) is 0 Å². The molecule has 3 rings (SSSR count). The van der Waals surface area contributed by atoms with E-state index < -0.39 is 0 Å². The lowest BCUT2D eigenvalue weighted by atomic mass is 10.0. The number of guanidine groups is 1. The second kappa shape index (κ2) is 13.8. The standard InChI is InChI=1S/C22H35N5O2.HI/c1-18-26-20-7-3-4-8-21(20)27(18)13-5-11-24-22(23-2)25-12-6-14-29-17-19-9-15-28-16-10-19;/h3-4,7-8,19H,5-6,9-17H2,1-2H3,(H2,23,24,25);1H. The van der Waals surface area contributed by atoms with Crippen LogP contribution in [0.25, 0.3) is 11.0 Å². The number of aromatic nitrogens is 2. The summed E-state index contributed by atoms with van der Waals surface area (Å²) in [4.78, 5) is 8.93. The Kier molecular flexibility index (Phi) is 11.5. The Bertz CT molecular complexity index is 774. The van der Waals surface area contributed by atoms with E-state index in [1.54, 1.807) is 0 Å². The van der Waals surface area contributed by atoms with Gasteiger partial charge in [0.2, 0.25) is 0 Å². The number of ether oxygens (including phenoxy) is 2. The van der Waals surface area contributed by atoms with Crippen LogP contribution in [0.2, 0.25) is 0 Å². The summed E-state index contributed by atoms with van der Waals surface area (Å²) in [5.74, 6) is 2.58. The van der Waals surface area contributed by atoms with E-state index in [0.29, 0.717) is 5.92 Å². The Morgan fingerprint density at radius 2 is 1.93 bits per heavy atom. The molecule has 0 spiro atoms. The molecule has 0 amide bonds. The van der Waals surface area contributed by atoms with Crippen LogP contribution >= 0.6 is 24.0 Å². The monoisotopic (exact) mass is 529 g/mol. The quantitative estimate of drug-likeness (QED) is 0.214. The van der Waals surface area contributed by atoms with Crippen molar-refractivity contribution < 1.29 is 9.47 Å². The van der Waals surface area contributed by atoms with Crippen molar-refractivity contribution in [2.45, 2.75) is 39.2 Å². The Balaban J connectivity index is 0.00000320. The summed E-state index contributed by atoms with van der Waals surface area (Å²) in [7, 11) is 1.81. The van der Waals surface area contributed by atoms with Gasteiger partial charge in [-0.25, -0.2) is 4.98 Å². The average Bonchev–Trinajstić information content (AvgIpc) is 3.07. The Hall–Kier alpha value is -1.39. The Morgan fingerprint density at radius 1 is 1.20 bits per heavy atom. The highest BCUT2D eigenvalue weighted by molar-refractivity contribution is 14.0. The molecule has 1 aromatic heterocycles. The van der Waals surface area contributed by atoms with Gasteiger partial charge >= 0.3 is 0 Å². The van der Waals surface area contributed by atoms with Crippen molar-refractivity contribution in [3.8, 4) is 0 Å². The number of halogens is 1. The predicted molar refractivity (Wildman–Crippen MR) is 133 cm³/mol. The predicted octanol–water partition coefficient (Wildman–Crippen LogP) is 3.35. The van der Waals surface area contributed by atoms with E-state index >= 15 is 0 Å². The van der Waals surface area contributed by atoms with Gasteiger partial charge in [0.25, 0.3) is 0 Å². The number of fused-ring (bicyclic) bond motifs is 1. The molecule has 1 fully saturated rings. The van der Waals surface area contributed by atoms with Crippen LogP contribution in [0.3, 0.4) is 0 Å². The van der Waals surface area contributed by atoms with Gasteiger partial charge < -0.3 is 24.7 Å². The molecule has 0 radical (unpaired) electrons. The fraction of sp³-hybridized carbons (Fsp3) is 0.636. The number of nitrogens with one attached hydrogen (secondary N) is 2. The molecule has 2 N–H and O–H groups in total. The van der Waals surface area contributed by atoms with Crippen LogP contribution in [0.5, 0.6) is 0 Å². The van der Waals surface area contributed by atoms with Crippen LogP contribution < -0.4 is 10.6 Å². The molecule has 2 heterocycles. The molecule has 1 aliphatic heterocycles. The van der Waals surface area contributed by atoms with Crippen LogP contribution in [0, 0.1) is 12.8 Å². The van der Waals surface area contributed by atoms with Crippen molar-refractivity contribution in [3.05, 3.63) is 30.1 Å². The van der Waals surface area contributed by atoms with Gasteiger partial charge in [-0.15, -0.1) is 24.0 Å². The maximum absolute atomic E-state index is 5.81. The molecule has 0 aliphatic carbocycles. The molecule has 8 heteroatoms. The van der Waals surface area contributed by atoms with Crippen molar-refractivity contribution >= 4 is 41.0 Å². The number of nitrogens with zero attached hydrogens (tertiary/aromatic N) is 3. The lowest BCUT2D eigenvalue weighted by Crippen LogP contribution is -2.38. The summed E-state index contributed by atoms with van der Waals surface area (Å²) in [5.41, 5.74) is 2.27. The fourth-order valence-corrected chi connectivity index (χ4v) is 3.69. The van der Waals surface area contributed by atoms with Gasteiger partial charge in [0.15, 0.2) is 5.96 Å². The molecule has 168 valence electrons.